The number of nitrogens with one attached hydrogen (secondary N) is 1. The normalized spacial score (nSPS) is 12.4. The van der Waals surface area contributed by atoms with Crippen molar-refractivity contribution >= 4 is 33.8 Å². The van der Waals surface area contributed by atoms with Crippen LogP contribution < -0.4 is 16.0 Å². The molecule has 1 N–H and O–H groups in total. The highest BCUT2D eigenvalue weighted by Gasteiger charge is 2.19. The van der Waals surface area contributed by atoms with E-state index < -0.39 is 23.5 Å². The number of carbonyl (C=O) groups excluding carboxylic acids is 2. The summed E-state index contributed by atoms with van der Waals surface area (Å²) in [6.45, 7) is 5.46. The van der Waals surface area contributed by atoms with E-state index in [0.717, 1.165) is 10.9 Å². The Balaban J connectivity index is 1.97. The molecule has 2 aromatic heterocycles. The Bertz CT molecular complexity index is 1090. The predicted octanol–water partition coefficient (Wildman–Crippen LogP) is 1.73. The van der Waals surface area contributed by atoms with Gasteiger partial charge in [0.05, 0.1) is 30.3 Å². The van der Waals surface area contributed by atoms with E-state index in [9.17, 15) is 19.5 Å². The molecule has 0 saturated carbocycles. The largest absolute Gasteiger partial charge is 0.548 e. The molecule has 1 atom stereocenters. The van der Waals surface area contributed by atoms with Crippen LogP contribution in [-0.2, 0) is 16.0 Å². The number of furan rings is 1. The number of hydrogen-bond donors (Lipinski definition) is 1. The van der Waals surface area contributed by atoms with E-state index in [1.807, 2.05) is 19.9 Å². The van der Waals surface area contributed by atoms with Crippen molar-refractivity contribution in [1.82, 2.24) is 5.32 Å². The molecule has 2 heterocycles. The topological polar surface area (TPSA) is 113 Å². The van der Waals surface area contributed by atoms with Crippen molar-refractivity contribution in [3.8, 4) is 0 Å². The van der Waals surface area contributed by atoms with Crippen molar-refractivity contribution in [2.24, 2.45) is 0 Å². The van der Waals surface area contributed by atoms with Crippen molar-refractivity contribution in [2.45, 2.75) is 46.1 Å². The third-order valence-electron chi connectivity index (χ3n) is 4.71. The summed E-state index contributed by atoms with van der Waals surface area (Å²) in [6, 6.07) is 2.44. The quantitative estimate of drug-likeness (QED) is 0.661. The van der Waals surface area contributed by atoms with E-state index in [2.05, 4.69) is 5.32 Å². The number of hydrogen-bond acceptors (Lipinski definition) is 6. The lowest BCUT2D eigenvalue weighted by Crippen LogP contribution is -2.48. The summed E-state index contributed by atoms with van der Waals surface area (Å²) in [6.07, 6.45) is 2.20. The average molecular weight is 370 g/mol. The highest BCUT2D eigenvalue weighted by Crippen LogP contribution is 2.28. The number of amides is 1. The van der Waals surface area contributed by atoms with Crippen molar-refractivity contribution in [2.75, 3.05) is 0 Å². The van der Waals surface area contributed by atoms with E-state index in [1.165, 1.54) is 0 Å². The maximum absolute atomic E-state index is 12.4. The fraction of sp³-hybridized carbons (Fsp3) is 0.350. The smallest absolute Gasteiger partial charge is 0.340 e. The van der Waals surface area contributed by atoms with Crippen LogP contribution in [0.3, 0.4) is 0 Å². The molecule has 7 nitrogen and oxygen atoms in total. The fourth-order valence-corrected chi connectivity index (χ4v) is 3.19. The van der Waals surface area contributed by atoms with Crippen molar-refractivity contribution in [1.29, 1.82) is 0 Å². The van der Waals surface area contributed by atoms with Gasteiger partial charge in [0.25, 0.3) is 0 Å². The summed E-state index contributed by atoms with van der Waals surface area (Å²) in [7, 11) is 0. The zero-order valence-electron chi connectivity index (χ0n) is 15.4. The summed E-state index contributed by atoms with van der Waals surface area (Å²) >= 11 is 0. The summed E-state index contributed by atoms with van der Waals surface area (Å²) in [5.41, 5.74) is 2.14. The van der Waals surface area contributed by atoms with Gasteiger partial charge in [-0.25, -0.2) is 4.79 Å². The van der Waals surface area contributed by atoms with Gasteiger partial charge in [0, 0.05) is 16.8 Å². The second-order valence-corrected chi connectivity index (χ2v) is 6.66. The van der Waals surface area contributed by atoms with Gasteiger partial charge >= 0.3 is 5.63 Å². The van der Waals surface area contributed by atoms with Gasteiger partial charge in [0.15, 0.2) is 0 Å². The highest BCUT2D eigenvalue weighted by molar-refractivity contribution is 5.96. The molecule has 7 heteroatoms. The molecule has 27 heavy (non-hydrogen) atoms. The van der Waals surface area contributed by atoms with E-state index in [-0.39, 0.29) is 18.4 Å². The Kier molecular flexibility index (Phi) is 5.03. The lowest BCUT2D eigenvalue weighted by Gasteiger charge is -2.19. The SMILES string of the molecule is CCC[C@H](NC(=O)Cc1c(C)c2cc3c(C)coc3cc2oc1=O)C(=O)[O-]. The minimum atomic E-state index is -1.34. The maximum atomic E-state index is 12.4. The van der Waals surface area contributed by atoms with Crippen LogP contribution in [0.4, 0.5) is 0 Å². The van der Waals surface area contributed by atoms with Crippen LogP contribution in [0.2, 0.25) is 0 Å². The molecule has 0 unspecified atom stereocenters. The number of fused-ring (bicyclic) bond motifs is 2. The monoisotopic (exact) mass is 370 g/mol. The second-order valence-electron chi connectivity index (χ2n) is 6.66. The van der Waals surface area contributed by atoms with E-state index in [4.69, 9.17) is 8.83 Å². The predicted molar refractivity (Wildman–Crippen MR) is 97.3 cm³/mol. The van der Waals surface area contributed by atoms with Gasteiger partial charge in [0.2, 0.25) is 5.91 Å². The third-order valence-corrected chi connectivity index (χ3v) is 4.71. The molecule has 0 aliphatic rings. The Morgan fingerprint density at radius 2 is 1.93 bits per heavy atom. The molecule has 0 bridgehead atoms. The van der Waals surface area contributed by atoms with Gasteiger partial charge < -0.3 is 24.1 Å². The van der Waals surface area contributed by atoms with Gasteiger partial charge in [0.1, 0.15) is 11.2 Å². The van der Waals surface area contributed by atoms with E-state index >= 15 is 0 Å². The van der Waals surface area contributed by atoms with Gasteiger partial charge in [-0.15, -0.1) is 0 Å². The minimum absolute atomic E-state index is 0.203. The summed E-state index contributed by atoms with van der Waals surface area (Å²) in [5, 5.41) is 15.1. The molecule has 0 aliphatic heterocycles. The van der Waals surface area contributed by atoms with Gasteiger partial charge in [-0.2, -0.15) is 0 Å². The van der Waals surface area contributed by atoms with Crippen LogP contribution in [-0.4, -0.2) is 17.9 Å². The lowest BCUT2D eigenvalue weighted by molar-refractivity contribution is -0.308. The second kappa shape index (κ2) is 7.26. The number of rotatable bonds is 6. The van der Waals surface area contributed by atoms with Crippen LogP contribution in [0, 0.1) is 13.8 Å². The van der Waals surface area contributed by atoms with Crippen molar-refractivity contribution < 1.29 is 23.5 Å². The molecular weight excluding hydrogens is 350 g/mol. The molecule has 3 rings (SSSR count). The Morgan fingerprint density at radius 1 is 1.19 bits per heavy atom. The summed E-state index contributed by atoms with van der Waals surface area (Å²) in [5.74, 6) is -1.90. The first-order chi connectivity index (χ1) is 12.8. The zero-order valence-corrected chi connectivity index (χ0v) is 15.4. The average Bonchev–Trinajstić information content (AvgIpc) is 2.97. The molecular formula is C20H20NO6-. The first kappa shape index (κ1) is 18.7. The zero-order chi connectivity index (χ0) is 19.7. The number of carbonyl (C=O) groups is 2. The van der Waals surface area contributed by atoms with E-state index in [1.54, 1.807) is 19.3 Å². The molecule has 0 radical (unpaired) electrons. The Labute approximate surface area is 155 Å². The van der Waals surface area contributed by atoms with Crippen LogP contribution in [0.5, 0.6) is 0 Å². The minimum Gasteiger partial charge on any atom is -0.548 e. The Hall–Kier alpha value is -3.09. The molecule has 1 aromatic carbocycles. The first-order valence-corrected chi connectivity index (χ1v) is 8.76. The van der Waals surface area contributed by atoms with Crippen LogP contribution in [0.15, 0.2) is 32.0 Å². The summed E-state index contributed by atoms with van der Waals surface area (Å²) < 4.78 is 10.8. The molecule has 0 saturated heterocycles. The number of aryl methyl sites for hydroxylation is 2. The summed E-state index contributed by atoms with van der Waals surface area (Å²) in [4.78, 5) is 35.7. The van der Waals surface area contributed by atoms with Gasteiger partial charge in [-0.05, 0) is 37.5 Å². The van der Waals surface area contributed by atoms with Crippen molar-refractivity contribution in [3.05, 3.63) is 45.5 Å². The van der Waals surface area contributed by atoms with Gasteiger partial charge in [-0.1, -0.05) is 13.3 Å². The fourth-order valence-electron chi connectivity index (χ4n) is 3.19. The standard InChI is InChI=1S/C20H21NO6/c1-4-5-15(19(23)24)21-18(22)7-14-11(3)13-6-12-10(2)9-26-16(12)8-17(13)27-20(14)25/h6,8-9,15H,4-5,7H2,1-3H3,(H,21,22)(H,23,24)/p-1/t15-/m0/s1. The maximum Gasteiger partial charge on any atom is 0.340 e. The first-order valence-electron chi connectivity index (χ1n) is 8.76. The molecule has 3 aromatic rings. The molecule has 0 aliphatic carbocycles. The van der Waals surface area contributed by atoms with E-state index in [0.29, 0.717) is 28.5 Å². The number of carboxylic acids is 1. The van der Waals surface area contributed by atoms with Crippen LogP contribution >= 0.6 is 0 Å². The molecule has 142 valence electrons. The molecule has 0 fully saturated rings. The van der Waals surface area contributed by atoms with Crippen LogP contribution in [0.1, 0.15) is 36.5 Å². The van der Waals surface area contributed by atoms with Gasteiger partial charge in [-0.3, -0.25) is 4.79 Å². The molecule has 0 spiro atoms. The van der Waals surface area contributed by atoms with Crippen molar-refractivity contribution in [3.63, 3.8) is 0 Å². The van der Waals surface area contributed by atoms with Crippen LogP contribution in [0.25, 0.3) is 21.9 Å². The number of carboxylic acid groups (broad SMARTS) is 1. The lowest BCUT2D eigenvalue weighted by atomic mass is 10.0. The number of benzene rings is 1. The molecule has 1 amide bonds. The Morgan fingerprint density at radius 3 is 2.59 bits per heavy atom. The third kappa shape index (κ3) is 3.58. The highest BCUT2D eigenvalue weighted by atomic mass is 16.4. The number of aliphatic carboxylic acids is 1.